The van der Waals surface area contributed by atoms with Gasteiger partial charge in [0.1, 0.15) is 17.9 Å². The van der Waals surface area contributed by atoms with Crippen LogP contribution in [0, 0.1) is 0 Å². The first-order valence-corrected chi connectivity index (χ1v) is 8.60. The summed E-state index contributed by atoms with van der Waals surface area (Å²) in [4.78, 5) is 16.9. The SMILES string of the molecule is COc1ccccc1N1CCN(C(=O)CCc2nncn2C)[C@@H](C)C1. The predicted octanol–water partition coefficient (Wildman–Crippen LogP) is 1.49. The minimum Gasteiger partial charge on any atom is -0.495 e. The fourth-order valence-corrected chi connectivity index (χ4v) is 3.33. The van der Waals surface area contributed by atoms with Gasteiger partial charge >= 0.3 is 0 Å². The van der Waals surface area contributed by atoms with Crippen LogP contribution >= 0.6 is 0 Å². The predicted molar refractivity (Wildman–Crippen MR) is 95.7 cm³/mol. The van der Waals surface area contributed by atoms with Crippen molar-refractivity contribution in [2.45, 2.75) is 25.8 Å². The van der Waals surface area contributed by atoms with Gasteiger partial charge in [0.05, 0.1) is 12.8 Å². The zero-order chi connectivity index (χ0) is 17.8. The minimum atomic E-state index is 0.158. The number of benzene rings is 1. The fourth-order valence-electron chi connectivity index (χ4n) is 3.33. The Morgan fingerprint density at radius 1 is 1.32 bits per heavy atom. The highest BCUT2D eigenvalue weighted by Gasteiger charge is 2.28. The number of piperazine rings is 1. The zero-order valence-electron chi connectivity index (χ0n) is 15.1. The summed E-state index contributed by atoms with van der Waals surface area (Å²) in [6.07, 6.45) is 2.74. The number of para-hydroxylation sites is 2. The van der Waals surface area contributed by atoms with Crippen LogP contribution in [0.3, 0.4) is 0 Å². The molecule has 0 aliphatic carbocycles. The van der Waals surface area contributed by atoms with Crippen LogP contribution in [0.25, 0.3) is 0 Å². The number of methoxy groups -OCH3 is 1. The summed E-state index contributed by atoms with van der Waals surface area (Å²) in [5.41, 5.74) is 1.09. The Bertz CT molecular complexity index is 730. The van der Waals surface area contributed by atoms with Gasteiger partial charge in [-0.2, -0.15) is 0 Å². The molecule has 0 N–H and O–H groups in total. The Kier molecular flexibility index (Phi) is 5.21. The van der Waals surface area contributed by atoms with Gasteiger partial charge in [0.25, 0.3) is 0 Å². The van der Waals surface area contributed by atoms with Crippen molar-refractivity contribution in [1.29, 1.82) is 0 Å². The molecule has 1 amide bonds. The van der Waals surface area contributed by atoms with Crippen molar-refractivity contribution < 1.29 is 9.53 Å². The Morgan fingerprint density at radius 2 is 2.12 bits per heavy atom. The van der Waals surface area contributed by atoms with Crippen molar-refractivity contribution in [1.82, 2.24) is 19.7 Å². The van der Waals surface area contributed by atoms with Gasteiger partial charge in [0.2, 0.25) is 5.91 Å². The average Bonchev–Trinajstić information content (AvgIpc) is 3.04. The fraction of sp³-hybridized carbons (Fsp3) is 0.500. The Labute approximate surface area is 148 Å². The molecule has 2 aromatic rings. The smallest absolute Gasteiger partial charge is 0.223 e. The normalized spacial score (nSPS) is 17.6. The molecule has 3 rings (SSSR count). The molecule has 2 heterocycles. The maximum Gasteiger partial charge on any atom is 0.223 e. The van der Waals surface area contributed by atoms with Crippen LogP contribution in [0.2, 0.25) is 0 Å². The van der Waals surface area contributed by atoms with Gasteiger partial charge in [-0.25, -0.2) is 0 Å². The van der Waals surface area contributed by atoms with E-state index in [0.29, 0.717) is 12.8 Å². The minimum absolute atomic E-state index is 0.158. The van der Waals surface area contributed by atoms with E-state index < -0.39 is 0 Å². The topological polar surface area (TPSA) is 63.5 Å². The zero-order valence-corrected chi connectivity index (χ0v) is 15.1. The molecule has 25 heavy (non-hydrogen) atoms. The third-order valence-electron chi connectivity index (χ3n) is 4.74. The molecular formula is C18H25N5O2. The molecule has 1 atom stereocenters. The van der Waals surface area contributed by atoms with Crippen LogP contribution in [0.4, 0.5) is 5.69 Å². The highest BCUT2D eigenvalue weighted by Crippen LogP contribution is 2.29. The number of nitrogens with zero attached hydrogens (tertiary/aromatic N) is 5. The van der Waals surface area contributed by atoms with Gasteiger partial charge in [0, 0.05) is 45.6 Å². The number of carbonyl (C=O) groups is 1. The molecule has 1 fully saturated rings. The van der Waals surface area contributed by atoms with Gasteiger partial charge in [-0.3, -0.25) is 4.79 Å². The summed E-state index contributed by atoms with van der Waals surface area (Å²) in [6.45, 7) is 4.43. The second-order valence-electron chi connectivity index (χ2n) is 6.41. The van der Waals surface area contributed by atoms with Gasteiger partial charge < -0.3 is 19.1 Å². The lowest BCUT2D eigenvalue weighted by molar-refractivity contribution is -0.133. The maximum atomic E-state index is 12.6. The Hall–Kier alpha value is -2.57. The van der Waals surface area contributed by atoms with Gasteiger partial charge in [-0.05, 0) is 19.1 Å². The molecule has 1 saturated heterocycles. The van der Waals surface area contributed by atoms with Gasteiger partial charge in [0.15, 0.2) is 0 Å². The summed E-state index contributed by atoms with van der Waals surface area (Å²) in [5, 5.41) is 7.90. The van der Waals surface area contributed by atoms with Gasteiger partial charge in [-0.15, -0.1) is 10.2 Å². The molecule has 1 aliphatic heterocycles. The largest absolute Gasteiger partial charge is 0.495 e. The third kappa shape index (κ3) is 3.75. The second-order valence-corrected chi connectivity index (χ2v) is 6.41. The summed E-state index contributed by atoms with van der Waals surface area (Å²) in [7, 11) is 3.59. The molecule has 0 bridgehead atoms. The maximum absolute atomic E-state index is 12.6. The summed E-state index contributed by atoms with van der Waals surface area (Å²) < 4.78 is 7.32. The van der Waals surface area contributed by atoms with Crippen LogP contribution in [0.5, 0.6) is 5.75 Å². The van der Waals surface area contributed by atoms with Crippen molar-refractivity contribution >= 4 is 11.6 Å². The van der Waals surface area contributed by atoms with Crippen molar-refractivity contribution in [3.05, 3.63) is 36.4 Å². The molecule has 1 aliphatic rings. The summed E-state index contributed by atoms with van der Waals surface area (Å²) in [6, 6.07) is 8.18. The van der Waals surface area contributed by atoms with Crippen molar-refractivity contribution in [3.63, 3.8) is 0 Å². The molecule has 0 radical (unpaired) electrons. The third-order valence-corrected chi connectivity index (χ3v) is 4.74. The molecule has 0 spiro atoms. The van der Waals surface area contributed by atoms with Crippen molar-refractivity contribution in [2.24, 2.45) is 7.05 Å². The molecule has 7 heteroatoms. The second kappa shape index (κ2) is 7.55. The van der Waals surface area contributed by atoms with E-state index in [1.165, 1.54) is 0 Å². The Balaban J connectivity index is 1.59. The standard InChI is InChI=1S/C18H25N5O2/c1-14-12-22(15-6-4-5-7-16(15)25-3)10-11-23(14)18(24)9-8-17-20-19-13-21(17)2/h4-7,13-14H,8-12H2,1-3H3/t14-/m0/s1. The highest BCUT2D eigenvalue weighted by molar-refractivity contribution is 5.77. The van der Waals surface area contributed by atoms with Crippen LogP contribution in [0.15, 0.2) is 30.6 Å². The number of anilines is 1. The number of carbonyl (C=O) groups excluding carboxylic acids is 1. The van der Waals surface area contributed by atoms with E-state index in [2.05, 4.69) is 28.1 Å². The Morgan fingerprint density at radius 3 is 2.80 bits per heavy atom. The van der Waals surface area contributed by atoms with E-state index in [-0.39, 0.29) is 11.9 Å². The van der Waals surface area contributed by atoms with E-state index in [1.54, 1.807) is 13.4 Å². The number of hydrogen-bond donors (Lipinski definition) is 0. The number of hydrogen-bond acceptors (Lipinski definition) is 5. The molecule has 134 valence electrons. The van der Waals surface area contributed by atoms with E-state index in [1.807, 2.05) is 34.7 Å². The monoisotopic (exact) mass is 343 g/mol. The molecule has 7 nitrogen and oxygen atoms in total. The van der Waals surface area contributed by atoms with E-state index >= 15 is 0 Å². The van der Waals surface area contributed by atoms with E-state index in [0.717, 1.165) is 36.9 Å². The first-order valence-electron chi connectivity index (χ1n) is 8.60. The first kappa shape index (κ1) is 17.3. The van der Waals surface area contributed by atoms with Crippen LogP contribution < -0.4 is 9.64 Å². The lowest BCUT2D eigenvalue weighted by Crippen LogP contribution is -2.54. The number of amides is 1. The van der Waals surface area contributed by atoms with Crippen LogP contribution in [0.1, 0.15) is 19.2 Å². The van der Waals surface area contributed by atoms with Gasteiger partial charge in [-0.1, -0.05) is 12.1 Å². The quantitative estimate of drug-likeness (QED) is 0.823. The molecule has 1 aromatic carbocycles. The average molecular weight is 343 g/mol. The summed E-state index contributed by atoms with van der Waals surface area (Å²) >= 11 is 0. The lowest BCUT2D eigenvalue weighted by atomic mass is 10.1. The van der Waals surface area contributed by atoms with E-state index in [4.69, 9.17) is 4.74 Å². The molecule has 0 unspecified atom stereocenters. The van der Waals surface area contributed by atoms with Crippen LogP contribution in [-0.4, -0.2) is 58.4 Å². The van der Waals surface area contributed by atoms with Crippen molar-refractivity contribution in [3.8, 4) is 5.75 Å². The van der Waals surface area contributed by atoms with Crippen molar-refractivity contribution in [2.75, 3.05) is 31.6 Å². The molecule has 1 aromatic heterocycles. The number of aryl methyl sites for hydroxylation is 2. The number of rotatable bonds is 5. The molecule has 0 saturated carbocycles. The number of aromatic nitrogens is 3. The van der Waals surface area contributed by atoms with E-state index in [9.17, 15) is 4.79 Å². The van der Waals surface area contributed by atoms with Crippen LogP contribution in [-0.2, 0) is 18.3 Å². The number of ether oxygens (including phenoxy) is 1. The first-order chi connectivity index (χ1) is 12.1. The molecular weight excluding hydrogens is 318 g/mol. The summed E-state index contributed by atoms with van der Waals surface area (Å²) in [5.74, 6) is 1.89. The lowest BCUT2D eigenvalue weighted by Gasteiger charge is -2.41. The highest BCUT2D eigenvalue weighted by atomic mass is 16.5.